The molecule has 35 heavy (non-hydrogen) atoms. The van der Waals surface area contributed by atoms with Crippen LogP contribution in [0, 0.1) is 6.92 Å². The first-order valence-corrected chi connectivity index (χ1v) is 12.0. The molecule has 5 rings (SSSR count). The van der Waals surface area contributed by atoms with Gasteiger partial charge in [0.15, 0.2) is 5.76 Å². The second-order valence-corrected chi connectivity index (χ2v) is 9.32. The van der Waals surface area contributed by atoms with Crippen LogP contribution in [0.2, 0.25) is 0 Å². The lowest BCUT2D eigenvalue weighted by Gasteiger charge is -2.12. The zero-order valence-corrected chi connectivity index (χ0v) is 19.6. The van der Waals surface area contributed by atoms with Crippen LogP contribution in [0.25, 0.3) is 22.5 Å². The minimum Gasteiger partial charge on any atom is -0.481 e. The summed E-state index contributed by atoms with van der Waals surface area (Å²) >= 11 is 0. The molecule has 0 aliphatic heterocycles. The van der Waals surface area contributed by atoms with Gasteiger partial charge in [-0.2, -0.15) is 0 Å². The summed E-state index contributed by atoms with van der Waals surface area (Å²) in [5.74, 6) is -0.148. The number of aromatic nitrogens is 2. The standard InChI is InChI=1S/C29H28N2O4/c1-19-26(25(32)4-2-3-20-13-17-30-18-14-20)27(35-31-19)23-7-5-21(6-8-23)22-9-11-24(12-10-22)29(15-16-29)28(33)34/h5-14,17-18,25,32H,2-4,15-16H2,1H3,(H,33,34). The van der Waals surface area contributed by atoms with Crippen molar-refractivity contribution in [3.63, 3.8) is 0 Å². The van der Waals surface area contributed by atoms with Crippen molar-refractivity contribution in [2.24, 2.45) is 0 Å². The molecule has 2 N–H and O–H groups in total. The first kappa shape index (κ1) is 23.0. The quantitative estimate of drug-likeness (QED) is 0.318. The molecule has 2 heterocycles. The van der Waals surface area contributed by atoms with Gasteiger partial charge < -0.3 is 14.7 Å². The van der Waals surface area contributed by atoms with Crippen LogP contribution in [0.15, 0.2) is 77.6 Å². The van der Waals surface area contributed by atoms with E-state index < -0.39 is 17.5 Å². The van der Waals surface area contributed by atoms with Crippen molar-refractivity contribution in [3.8, 4) is 22.5 Å². The number of carbonyl (C=O) groups is 1. The van der Waals surface area contributed by atoms with Crippen LogP contribution in [0.1, 0.15) is 54.2 Å². The van der Waals surface area contributed by atoms with E-state index in [2.05, 4.69) is 10.1 Å². The molecule has 1 atom stereocenters. The van der Waals surface area contributed by atoms with Crippen LogP contribution < -0.4 is 0 Å². The molecule has 1 fully saturated rings. The van der Waals surface area contributed by atoms with Crippen molar-refractivity contribution in [2.45, 2.75) is 50.5 Å². The van der Waals surface area contributed by atoms with E-state index in [1.54, 1.807) is 12.4 Å². The maximum Gasteiger partial charge on any atom is 0.314 e. The van der Waals surface area contributed by atoms with Crippen molar-refractivity contribution in [1.29, 1.82) is 0 Å². The number of carboxylic acid groups (broad SMARTS) is 1. The second kappa shape index (κ2) is 9.47. The Labute approximate surface area is 204 Å². The Kier molecular flexibility index (Phi) is 6.22. The van der Waals surface area contributed by atoms with Gasteiger partial charge in [0.2, 0.25) is 0 Å². The van der Waals surface area contributed by atoms with Gasteiger partial charge in [-0.15, -0.1) is 0 Å². The van der Waals surface area contributed by atoms with E-state index in [-0.39, 0.29) is 0 Å². The largest absolute Gasteiger partial charge is 0.481 e. The van der Waals surface area contributed by atoms with Gasteiger partial charge in [-0.05, 0) is 73.4 Å². The molecular weight excluding hydrogens is 440 g/mol. The van der Waals surface area contributed by atoms with E-state index in [9.17, 15) is 15.0 Å². The molecule has 1 unspecified atom stereocenters. The molecule has 6 heteroatoms. The number of hydrogen-bond acceptors (Lipinski definition) is 5. The van der Waals surface area contributed by atoms with Crippen LogP contribution in [-0.2, 0) is 16.6 Å². The van der Waals surface area contributed by atoms with E-state index in [1.165, 1.54) is 5.56 Å². The number of aryl methyl sites for hydroxylation is 2. The lowest BCUT2D eigenvalue weighted by atomic mass is 9.93. The monoisotopic (exact) mass is 468 g/mol. The smallest absolute Gasteiger partial charge is 0.314 e. The first-order chi connectivity index (χ1) is 17.0. The lowest BCUT2D eigenvalue weighted by molar-refractivity contribution is -0.140. The third-order valence-corrected chi connectivity index (χ3v) is 7.01. The molecule has 6 nitrogen and oxygen atoms in total. The molecule has 0 saturated heterocycles. The van der Waals surface area contributed by atoms with Crippen LogP contribution in [0.3, 0.4) is 0 Å². The van der Waals surface area contributed by atoms with Crippen LogP contribution >= 0.6 is 0 Å². The minimum atomic E-state index is -0.743. The Morgan fingerprint density at radius 1 is 0.971 bits per heavy atom. The molecule has 1 aliphatic carbocycles. The average molecular weight is 469 g/mol. The molecule has 2 aromatic heterocycles. The molecule has 0 amide bonds. The van der Waals surface area contributed by atoms with Gasteiger partial charge in [-0.3, -0.25) is 9.78 Å². The third kappa shape index (κ3) is 4.62. The Morgan fingerprint density at radius 3 is 2.17 bits per heavy atom. The summed E-state index contributed by atoms with van der Waals surface area (Å²) in [5.41, 5.74) is 5.71. The maximum absolute atomic E-state index is 11.6. The van der Waals surface area contributed by atoms with Gasteiger partial charge in [0.1, 0.15) is 0 Å². The van der Waals surface area contributed by atoms with Crippen molar-refractivity contribution < 1.29 is 19.5 Å². The van der Waals surface area contributed by atoms with Crippen molar-refractivity contribution in [3.05, 3.63) is 95.4 Å². The number of carboxylic acids is 1. The summed E-state index contributed by atoms with van der Waals surface area (Å²) in [5, 5.41) is 24.6. The number of rotatable bonds is 9. The van der Waals surface area contributed by atoms with Gasteiger partial charge in [0.25, 0.3) is 0 Å². The molecule has 0 radical (unpaired) electrons. The summed E-state index contributed by atoms with van der Waals surface area (Å²) in [6.45, 7) is 1.86. The van der Waals surface area contributed by atoms with Gasteiger partial charge in [-0.25, -0.2) is 0 Å². The van der Waals surface area contributed by atoms with Crippen molar-refractivity contribution in [1.82, 2.24) is 10.1 Å². The SMILES string of the molecule is Cc1noc(-c2ccc(-c3ccc(C4(C(=O)O)CC4)cc3)cc2)c1C(O)CCCc1ccncc1. The van der Waals surface area contributed by atoms with E-state index >= 15 is 0 Å². The summed E-state index contributed by atoms with van der Waals surface area (Å²) in [6, 6.07) is 19.7. The first-order valence-electron chi connectivity index (χ1n) is 12.0. The van der Waals surface area contributed by atoms with E-state index in [4.69, 9.17) is 4.52 Å². The normalized spacial score (nSPS) is 15.0. The average Bonchev–Trinajstić information content (AvgIpc) is 3.61. The third-order valence-electron chi connectivity index (χ3n) is 7.01. The molecule has 4 aromatic rings. The molecule has 0 spiro atoms. The van der Waals surface area contributed by atoms with Crippen LogP contribution in [-0.4, -0.2) is 26.3 Å². The molecule has 1 aliphatic rings. The highest BCUT2D eigenvalue weighted by Gasteiger charge is 2.51. The topological polar surface area (TPSA) is 96.5 Å². The summed E-state index contributed by atoms with van der Waals surface area (Å²) in [4.78, 5) is 15.6. The fourth-order valence-corrected chi connectivity index (χ4v) is 4.72. The Balaban J connectivity index is 1.29. The van der Waals surface area contributed by atoms with Gasteiger partial charge >= 0.3 is 5.97 Å². The highest BCUT2D eigenvalue weighted by atomic mass is 16.5. The number of benzene rings is 2. The van der Waals surface area contributed by atoms with Gasteiger partial charge in [0, 0.05) is 18.0 Å². The molecule has 0 bridgehead atoms. The van der Waals surface area contributed by atoms with Gasteiger partial charge in [-0.1, -0.05) is 53.7 Å². The maximum atomic E-state index is 11.6. The lowest BCUT2D eigenvalue weighted by Crippen LogP contribution is -2.19. The van der Waals surface area contributed by atoms with E-state index in [0.717, 1.165) is 40.7 Å². The second-order valence-electron chi connectivity index (χ2n) is 9.32. The fraction of sp³-hybridized carbons (Fsp3) is 0.276. The van der Waals surface area contributed by atoms with Gasteiger partial charge in [0.05, 0.1) is 22.8 Å². The number of aliphatic hydroxyl groups is 1. The summed E-state index contributed by atoms with van der Waals surface area (Å²) < 4.78 is 5.62. The zero-order chi connectivity index (χ0) is 24.4. The Hall–Kier alpha value is -3.77. The number of nitrogens with zero attached hydrogens (tertiary/aromatic N) is 2. The predicted molar refractivity (Wildman–Crippen MR) is 133 cm³/mol. The summed E-state index contributed by atoms with van der Waals surface area (Å²) in [7, 11) is 0. The fourth-order valence-electron chi connectivity index (χ4n) is 4.72. The Bertz CT molecular complexity index is 1310. The molecular formula is C29H28N2O4. The summed E-state index contributed by atoms with van der Waals surface area (Å²) in [6.07, 6.45) is 6.63. The highest BCUT2D eigenvalue weighted by molar-refractivity contribution is 5.85. The van der Waals surface area contributed by atoms with E-state index in [0.29, 0.717) is 30.7 Å². The number of pyridine rings is 1. The van der Waals surface area contributed by atoms with Crippen molar-refractivity contribution in [2.75, 3.05) is 0 Å². The molecule has 2 aromatic carbocycles. The molecule has 178 valence electrons. The Morgan fingerprint density at radius 2 is 1.57 bits per heavy atom. The van der Waals surface area contributed by atoms with E-state index in [1.807, 2.05) is 67.6 Å². The highest BCUT2D eigenvalue weighted by Crippen LogP contribution is 2.48. The zero-order valence-electron chi connectivity index (χ0n) is 19.6. The van der Waals surface area contributed by atoms with Crippen LogP contribution in [0.5, 0.6) is 0 Å². The number of aliphatic hydroxyl groups excluding tert-OH is 1. The predicted octanol–water partition coefficient (Wildman–Crippen LogP) is 5.88. The molecule has 1 saturated carbocycles. The minimum absolute atomic E-state index is 0.595. The van der Waals surface area contributed by atoms with Crippen LogP contribution in [0.4, 0.5) is 0 Å². The number of hydrogen-bond donors (Lipinski definition) is 2. The van der Waals surface area contributed by atoms with Crippen molar-refractivity contribution >= 4 is 5.97 Å². The number of aliphatic carboxylic acids is 1.